The lowest BCUT2D eigenvalue weighted by molar-refractivity contribution is -0.137. The van der Waals surface area contributed by atoms with Crippen LogP contribution in [0.15, 0.2) is 30.3 Å². The van der Waals surface area contributed by atoms with Crippen LogP contribution in [0.25, 0.3) is 0 Å². The van der Waals surface area contributed by atoms with Gasteiger partial charge in [-0.05, 0) is 18.4 Å². The summed E-state index contributed by atoms with van der Waals surface area (Å²) in [4.78, 5) is 26.5. The molecule has 2 rings (SSSR count). The van der Waals surface area contributed by atoms with Crippen LogP contribution in [0.2, 0.25) is 0 Å². The molecule has 1 aromatic carbocycles. The number of hydrogen-bond donors (Lipinski definition) is 0. The Morgan fingerprint density at radius 2 is 1.95 bits per heavy atom. The fourth-order valence-corrected chi connectivity index (χ4v) is 2.50. The highest BCUT2D eigenvalue weighted by Gasteiger charge is 2.26. The summed E-state index contributed by atoms with van der Waals surface area (Å²) < 4.78 is 0. The van der Waals surface area contributed by atoms with E-state index in [4.69, 9.17) is 0 Å². The molecule has 0 N–H and O–H groups in total. The van der Waals surface area contributed by atoms with Crippen LogP contribution >= 0.6 is 0 Å². The van der Waals surface area contributed by atoms with Crippen molar-refractivity contribution in [3.63, 3.8) is 0 Å². The molecule has 1 saturated heterocycles. The summed E-state index contributed by atoms with van der Waals surface area (Å²) in [7, 11) is 1.85. The Hall–Kier alpha value is -1.84. The normalized spacial score (nSPS) is 16.2. The Morgan fingerprint density at radius 3 is 2.53 bits per heavy atom. The summed E-state index contributed by atoms with van der Waals surface area (Å²) in [6.07, 6.45) is 2.42. The van der Waals surface area contributed by atoms with Gasteiger partial charge in [0.25, 0.3) is 0 Å². The maximum Gasteiger partial charge on any atom is 0.225 e. The summed E-state index contributed by atoms with van der Waals surface area (Å²) in [5.74, 6) is 0.249. The number of carbonyl (C=O) groups is 2. The van der Waals surface area contributed by atoms with Crippen molar-refractivity contribution in [2.45, 2.75) is 19.4 Å². The van der Waals surface area contributed by atoms with Gasteiger partial charge in [0, 0.05) is 32.6 Å². The minimum atomic E-state index is 0.0601. The van der Waals surface area contributed by atoms with Crippen LogP contribution in [0.3, 0.4) is 0 Å². The molecule has 0 aliphatic carbocycles. The SMILES string of the molecule is CN(Cc1ccccc1)C(=O)C1CCN(C=O)CC1. The van der Waals surface area contributed by atoms with Crippen molar-refractivity contribution < 1.29 is 9.59 Å². The third kappa shape index (κ3) is 3.56. The van der Waals surface area contributed by atoms with Crippen LogP contribution in [0.1, 0.15) is 18.4 Å². The predicted molar refractivity (Wildman–Crippen MR) is 73.3 cm³/mol. The van der Waals surface area contributed by atoms with E-state index in [0.717, 1.165) is 24.8 Å². The van der Waals surface area contributed by atoms with E-state index in [1.165, 1.54) is 0 Å². The maximum absolute atomic E-state index is 12.3. The number of benzene rings is 1. The van der Waals surface area contributed by atoms with Gasteiger partial charge in [0.15, 0.2) is 0 Å². The lowest BCUT2D eigenvalue weighted by Gasteiger charge is -2.31. The van der Waals surface area contributed by atoms with Crippen molar-refractivity contribution in [1.29, 1.82) is 0 Å². The molecule has 2 amide bonds. The van der Waals surface area contributed by atoms with Gasteiger partial charge in [0.05, 0.1) is 0 Å². The van der Waals surface area contributed by atoms with Crippen molar-refractivity contribution in [3.8, 4) is 0 Å². The van der Waals surface area contributed by atoms with Crippen LogP contribution in [-0.2, 0) is 16.1 Å². The third-order valence-electron chi connectivity index (χ3n) is 3.67. The number of likely N-dealkylation sites (tertiary alicyclic amines) is 1. The number of hydrogen-bond acceptors (Lipinski definition) is 2. The van der Waals surface area contributed by atoms with Crippen molar-refractivity contribution in [1.82, 2.24) is 9.80 Å². The molecule has 0 saturated carbocycles. The fourth-order valence-electron chi connectivity index (χ4n) is 2.50. The van der Waals surface area contributed by atoms with Gasteiger partial charge in [-0.1, -0.05) is 30.3 Å². The van der Waals surface area contributed by atoms with Gasteiger partial charge in [0.1, 0.15) is 0 Å². The lowest BCUT2D eigenvalue weighted by Crippen LogP contribution is -2.40. The van der Waals surface area contributed by atoms with Gasteiger partial charge in [0.2, 0.25) is 12.3 Å². The summed E-state index contributed by atoms with van der Waals surface area (Å²) in [5, 5.41) is 0. The number of carbonyl (C=O) groups excluding carboxylic acids is 2. The van der Waals surface area contributed by atoms with E-state index in [-0.39, 0.29) is 11.8 Å². The molecule has 1 fully saturated rings. The van der Waals surface area contributed by atoms with Gasteiger partial charge in [-0.15, -0.1) is 0 Å². The summed E-state index contributed by atoms with van der Waals surface area (Å²) in [6.45, 7) is 2.03. The van der Waals surface area contributed by atoms with Crippen LogP contribution in [-0.4, -0.2) is 42.3 Å². The Kier molecular flexibility index (Phi) is 4.55. The van der Waals surface area contributed by atoms with Gasteiger partial charge in [-0.3, -0.25) is 9.59 Å². The van der Waals surface area contributed by atoms with E-state index in [9.17, 15) is 9.59 Å². The van der Waals surface area contributed by atoms with Gasteiger partial charge in [-0.25, -0.2) is 0 Å². The van der Waals surface area contributed by atoms with Crippen molar-refractivity contribution in [2.24, 2.45) is 5.92 Å². The topological polar surface area (TPSA) is 40.6 Å². The van der Waals surface area contributed by atoms with E-state index in [1.54, 1.807) is 9.80 Å². The smallest absolute Gasteiger partial charge is 0.225 e. The van der Waals surface area contributed by atoms with E-state index in [1.807, 2.05) is 37.4 Å². The Bertz CT molecular complexity index is 425. The average molecular weight is 260 g/mol. The number of nitrogens with zero attached hydrogens (tertiary/aromatic N) is 2. The molecule has 1 aliphatic heterocycles. The maximum atomic E-state index is 12.3. The van der Waals surface area contributed by atoms with Gasteiger partial charge >= 0.3 is 0 Å². The van der Waals surface area contributed by atoms with Crippen LogP contribution in [0.5, 0.6) is 0 Å². The molecule has 4 heteroatoms. The first kappa shape index (κ1) is 13.6. The highest BCUT2D eigenvalue weighted by atomic mass is 16.2. The second-order valence-electron chi connectivity index (χ2n) is 5.10. The fraction of sp³-hybridized carbons (Fsp3) is 0.467. The molecule has 1 aliphatic rings. The van der Waals surface area contributed by atoms with Crippen molar-refractivity contribution in [3.05, 3.63) is 35.9 Å². The van der Waals surface area contributed by atoms with Crippen molar-refractivity contribution >= 4 is 12.3 Å². The highest BCUT2D eigenvalue weighted by molar-refractivity contribution is 5.78. The molecule has 19 heavy (non-hydrogen) atoms. The molecule has 4 nitrogen and oxygen atoms in total. The lowest BCUT2D eigenvalue weighted by atomic mass is 9.95. The molecule has 1 aromatic rings. The molecule has 102 valence electrons. The minimum absolute atomic E-state index is 0.0601. The molecule has 0 spiro atoms. The molecule has 0 atom stereocenters. The summed E-state index contributed by atoms with van der Waals surface area (Å²) >= 11 is 0. The van der Waals surface area contributed by atoms with E-state index >= 15 is 0 Å². The monoisotopic (exact) mass is 260 g/mol. The van der Waals surface area contributed by atoms with E-state index in [2.05, 4.69) is 0 Å². The zero-order valence-electron chi connectivity index (χ0n) is 11.3. The molecule has 0 bridgehead atoms. The van der Waals surface area contributed by atoms with E-state index in [0.29, 0.717) is 19.6 Å². The standard InChI is InChI=1S/C15H20N2O2/c1-16(11-13-5-3-2-4-6-13)15(19)14-7-9-17(12-18)10-8-14/h2-6,12,14H,7-11H2,1H3. The first-order chi connectivity index (χ1) is 9.20. The second kappa shape index (κ2) is 6.36. The molecule has 0 radical (unpaired) electrons. The van der Waals surface area contributed by atoms with Gasteiger partial charge < -0.3 is 9.80 Å². The zero-order chi connectivity index (χ0) is 13.7. The first-order valence-corrected chi connectivity index (χ1v) is 6.69. The van der Waals surface area contributed by atoms with E-state index < -0.39 is 0 Å². The predicted octanol–water partition coefficient (Wildman–Crippen LogP) is 1.51. The second-order valence-corrected chi connectivity index (χ2v) is 5.10. The first-order valence-electron chi connectivity index (χ1n) is 6.69. The molecule has 0 unspecified atom stereocenters. The Morgan fingerprint density at radius 1 is 1.32 bits per heavy atom. The average Bonchev–Trinajstić information content (AvgIpc) is 2.47. The quantitative estimate of drug-likeness (QED) is 0.770. The van der Waals surface area contributed by atoms with Crippen LogP contribution in [0, 0.1) is 5.92 Å². The largest absolute Gasteiger partial charge is 0.345 e. The van der Waals surface area contributed by atoms with Gasteiger partial charge in [-0.2, -0.15) is 0 Å². The Labute approximate surface area is 114 Å². The van der Waals surface area contributed by atoms with Crippen molar-refractivity contribution in [2.75, 3.05) is 20.1 Å². The Balaban J connectivity index is 1.87. The zero-order valence-corrected chi connectivity index (χ0v) is 11.3. The molecular formula is C15H20N2O2. The minimum Gasteiger partial charge on any atom is -0.345 e. The molecular weight excluding hydrogens is 240 g/mol. The highest BCUT2D eigenvalue weighted by Crippen LogP contribution is 2.19. The van der Waals surface area contributed by atoms with Crippen LogP contribution < -0.4 is 0 Å². The van der Waals surface area contributed by atoms with Crippen LogP contribution in [0.4, 0.5) is 0 Å². The summed E-state index contributed by atoms with van der Waals surface area (Å²) in [5.41, 5.74) is 1.14. The number of piperidine rings is 1. The molecule has 0 aromatic heterocycles. The summed E-state index contributed by atoms with van der Waals surface area (Å²) in [6, 6.07) is 9.99. The number of amides is 2. The number of rotatable bonds is 4. The third-order valence-corrected chi connectivity index (χ3v) is 3.67. The molecule has 1 heterocycles.